The molecule has 0 spiro atoms. The van der Waals surface area contributed by atoms with Crippen LogP contribution in [0.5, 0.6) is 5.75 Å². The molecule has 0 aliphatic carbocycles. The van der Waals surface area contributed by atoms with Crippen molar-refractivity contribution in [1.29, 1.82) is 0 Å². The maximum Gasteiger partial charge on any atom is 0.234 e. The van der Waals surface area contributed by atoms with Gasteiger partial charge in [-0.05, 0) is 68.6 Å². The molecule has 0 unspecified atom stereocenters. The molecule has 5 nitrogen and oxygen atoms in total. The summed E-state index contributed by atoms with van der Waals surface area (Å²) in [6, 6.07) is 17.2. The number of hydrogen-bond donors (Lipinski definition) is 2. The lowest BCUT2D eigenvalue weighted by Gasteiger charge is -2.32. The average molecular weight is 378 g/mol. The average Bonchev–Trinajstić information content (AvgIpc) is 3.14. The predicted molar refractivity (Wildman–Crippen MR) is 109 cm³/mol. The summed E-state index contributed by atoms with van der Waals surface area (Å²) in [5.74, 6) is 1.60. The van der Waals surface area contributed by atoms with E-state index in [0.29, 0.717) is 18.2 Å². The fourth-order valence-corrected chi connectivity index (χ4v) is 3.95. The number of phenols is 1. The molecule has 28 heavy (non-hydrogen) atoms. The van der Waals surface area contributed by atoms with Crippen molar-refractivity contribution in [2.45, 2.75) is 31.7 Å². The van der Waals surface area contributed by atoms with Gasteiger partial charge in [0.2, 0.25) is 5.91 Å². The Morgan fingerprint density at radius 2 is 1.89 bits per heavy atom. The van der Waals surface area contributed by atoms with Crippen LogP contribution in [0, 0.1) is 0 Å². The molecular formula is C23H26N2O3. The lowest BCUT2D eigenvalue weighted by atomic mass is 9.89. The first-order valence-corrected chi connectivity index (χ1v) is 9.87. The standard InChI is InChI=1S/C23H26N2O3/c1-16(22-14-19-4-2-3-5-21(19)28-22)24-23(27)15-25-12-10-18(11-13-25)17-6-8-20(26)9-7-17/h2-9,14,16,18,26H,10-13,15H2,1H3,(H,24,27)/t16-/m0/s1. The van der Waals surface area contributed by atoms with Crippen molar-refractivity contribution in [2.75, 3.05) is 19.6 Å². The summed E-state index contributed by atoms with van der Waals surface area (Å²) >= 11 is 0. The van der Waals surface area contributed by atoms with Crippen LogP contribution in [0.4, 0.5) is 0 Å². The van der Waals surface area contributed by atoms with E-state index in [4.69, 9.17) is 4.42 Å². The molecule has 1 aliphatic rings. The summed E-state index contributed by atoms with van der Waals surface area (Å²) in [7, 11) is 0. The second-order valence-corrected chi connectivity index (χ2v) is 7.62. The van der Waals surface area contributed by atoms with Crippen LogP contribution in [0.2, 0.25) is 0 Å². The first-order valence-electron chi connectivity index (χ1n) is 9.87. The van der Waals surface area contributed by atoms with E-state index in [0.717, 1.165) is 42.7 Å². The van der Waals surface area contributed by atoms with E-state index in [1.54, 1.807) is 12.1 Å². The fourth-order valence-electron chi connectivity index (χ4n) is 3.95. The smallest absolute Gasteiger partial charge is 0.234 e. The minimum Gasteiger partial charge on any atom is -0.508 e. The normalized spacial score (nSPS) is 16.9. The van der Waals surface area contributed by atoms with Gasteiger partial charge in [0.15, 0.2) is 0 Å². The first kappa shape index (κ1) is 18.6. The van der Waals surface area contributed by atoms with Crippen LogP contribution in [0.3, 0.4) is 0 Å². The number of carbonyl (C=O) groups is 1. The van der Waals surface area contributed by atoms with Crippen LogP contribution in [0.1, 0.15) is 43.0 Å². The fraction of sp³-hybridized carbons (Fsp3) is 0.348. The number of fused-ring (bicyclic) bond motifs is 1. The molecule has 5 heteroatoms. The molecule has 3 aromatic rings. The van der Waals surface area contributed by atoms with Crippen LogP contribution in [0.25, 0.3) is 11.0 Å². The van der Waals surface area contributed by atoms with Crippen molar-refractivity contribution in [3.05, 3.63) is 65.9 Å². The summed E-state index contributed by atoms with van der Waals surface area (Å²) in [4.78, 5) is 14.7. The summed E-state index contributed by atoms with van der Waals surface area (Å²) in [6.07, 6.45) is 2.05. The summed E-state index contributed by atoms with van der Waals surface area (Å²) in [5, 5.41) is 13.5. The molecule has 1 fully saturated rings. The molecule has 1 aromatic heterocycles. The zero-order chi connectivity index (χ0) is 19.5. The highest BCUT2D eigenvalue weighted by atomic mass is 16.3. The van der Waals surface area contributed by atoms with Gasteiger partial charge in [0.25, 0.3) is 0 Å². The van der Waals surface area contributed by atoms with Gasteiger partial charge in [0, 0.05) is 5.39 Å². The van der Waals surface area contributed by atoms with E-state index in [-0.39, 0.29) is 11.9 Å². The largest absolute Gasteiger partial charge is 0.508 e. The van der Waals surface area contributed by atoms with E-state index in [1.165, 1.54) is 5.56 Å². The third-order valence-corrected chi connectivity index (χ3v) is 5.57. The highest BCUT2D eigenvalue weighted by Crippen LogP contribution is 2.29. The van der Waals surface area contributed by atoms with Gasteiger partial charge in [-0.15, -0.1) is 0 Å². The minimum atomic E-state index is -0.158. The monoisotopic (exact) mass is 378 g/mol. The third-order valence-electron chi connectivity index (χ3n) is 5.57. The molecule has 0 saturated carbocycles. The van der Waals surface area contributed by atoms with E-state index < -0.39 is 0 Å². The van der Waals surface area contributed by atoms with Crippen molar-refractivity contribution in [3.8, 4) is 5.75 Å². The molecule has 2 heterocycles. The molecule has 0 bridgehead atoms. The summed E-state index contributed by atoms with van der Waals surface area (Å²) in [5.41, 5.74) is 2.11. The van der Waals surface area contributed by atoms with Crippen LogP contribution in [0.15, 0.2) is 59.0 Å². The van der Waals surface area contributed by atoms with E-state index in [9.17, 15) is 9.90 Å². The number of benzene rings is 2. The predicted octanol–water partition coefficient (Wildman–Crippen LogP) is 4.20. The van der Waals surface area contributed by atoms with Crippen molar-refractivity contribution < 1.29 is 14.3 Å². The topological polar surface area (TPSA) is 65.7 Å². The lowest BCUT2D eigenvalue weighted by molar-refractivity contribution is -0.123. The van der Waals surface area contributed by atoms with Gasteiger partial charge < -0.3 is 14.8 Å². The number of likely N-dealkylation sites (tertiary alicyclic amines) is 1. The number of hydrogen-bond acceptors (Lipinski definition) is 4. The Morgan fingerprint density at radius 3 is 2.61 bits per heavy atom. The number of para-hydroxylation sites is 1. The zero-order valence-electron chi connectivity index (χ0n) is 16.1. The van der Waals surface area contributed by atoms with Gasteiger partial charge in [-0.1, -0.05) is 30.3 Å². The highest BCUT2D eigenvalue weighted by Gasteiger charge is 2.23. The van der Waals surface area contributed by atoms with Gasteiger partial charge in [-0.25, -0.2) is 0 Å². The van der Waals surface area contributed by atoms with Gasteiger partial charge in [0.05, 0.1) is 12.6 Å². The van der Waals surface area contributed by atoms with Gasteiger partial charge in [-0.2, -0.15) is 0 Å². The van der Waals surface area contributed by atoms with Gasteiger partial charge in [0.1, 0.15) is 17.1 Å². The number of nitrogens with zero attached hydrogens (tertiary/aromatic N) is 1. The van der Waals surface area contributed by atoms with Crippen LogP contribution < -0.4 is 5.32 Å². The number of piperidine rings is 1. The van der Waals surface area contributed by atoms with E-state index in [1.807, 2.05) is 49.4 Å². The Balaban J connectivity index is 1.28. The number of rotatable bonds is 5. The van der Waals surface area contributed by atoms with E-state index >= 15 is 0 Å². The molecule has 1 aliphatic heterocycles. The molecule has 1 saturated heterocycles. The second kappa shape index (κ2) is 8.07. The van der Waals surface area contributed by atoms with Crippen LogP contribution >= 0.6 is 0 Å². The number of furan rings is 1. The zero-order valence-corrected chi connectivity index (χ0v) is 16.1. The number of phenolic OH excluding ortho intramolecular Hbond substituents is 1. The molecule has 146 valence electrons. The number of aromatic hydroxyl groups is 1. The second-order valence-electron chi connectivity index (χ2n) is 7.62. The molecule has 1 atom stereocenters. The number of carbonyl (C=O) groups excluding carboxylic acids is 1. The van der Waals surface area contributed by atoms with Gasteiger partial charge in [-0.3, -0.25) is 9.69 Å². The molecule has 2 N–H and O–H groups in total. The van der Waals surface area contributed by atoms with Crippen molar-refractivity contribution in [3.63, 3.8) is 0 Å². The summed E-state index contributed by atoms with van der Waals surface area (Å²) < 4.78 is 5.85. The highest BCUT2D eigenvalue weighted by molar-refractivity contribution is 5.80. The Morgan fingerprint density at radius 1 is 1.18 bits per heavy atom. The SMILES string of the molecule is C[C@H](NC(=O)CN1CCC(c2ccc(O)cc2)CC1)c1cc2ccccc2o1. The van der Waals surface area contributed by atoms with Gasteiger partial charge >= 0.3 is 0 Å². The molecule has 4 rings (SSSR count). The van der Waals surface area contributed by atoms with Crippen molar-refractivity contribution >= 4 is 16.9 Å². The minimum absolute atomic E-state index is 0.0241. The Bertz CT molecular complexity index is 907. The van der Waals surface area contributed by atoms with E-state index in [2.05, 4.69) is 10.2 Å². The van der Waals surface area contributed by atoms with Crippen molar-refractivity contribution in [1.82, 2.24) is 10.2 Å². The molecule has 2 aromatic carbocycles. The van der Waals surface area contributed by atoms with Crippen LogP contribution in [-0.2, 0) is 4.79 Å². The van der Waals surface area contributed by atoms with Crippen molar-refractivity contribution in [2.24, 2.45) is 0 Å². The number of amides is 1. The maximum atomic E-state index is 12.5. The summed E-state index contributed by atoms with van der Waals surface area (Å²) in [6.45, 7) is 4.16. The van der Waals surface area contributed by atoms with Crippen LogP contribution in [-0.4, -0.2) is 35.5 Å². The Hall–Kier alpha value is -2.79. The molecular weight excluding hydrogens is 352 g/mol. The molecule has 1 amide bonds. The Kier molecular flexibility index (Phi) is 5.35. The maximum absolute atomic E-state index is 12.5. The lowest BCUT2D eigenvalue weighted by Crippen LogP contribution is -2.41. The number of nitrogens with one attached hydrogen (secondary N) is 1. The Labute approximate surface area is 165 Å². The third kappa shape index (κ3) is 4.20. The quantitative estimate of drug-likeness (QED) is 0.698. The first-order chi connectivity index (χ1) is 13.6. The molecule has 0 radical (unpaired) electrons.